The number of hydrogen-bond acceptors (Lipinski definition) is 6. The fraction of sp³-hybridized carbons (Fsp3) is 0.552. The van der Waals surface area contributed by atoms with E-state index < -0.39 is 29.7 Å². The molecule has 1 N–H and O–H groups in total. The van der Waals surface area contributed by atoms with Crippen molar-refractivity contribution >= 4 is 17.7 Å². The molecular formula is C29H36O6. The number of Topliss-reactive ketones (excluding diaryl/α,β-unsaturated/α-hetero) is 1. The normalized spacial score (nSPS) is 37.5. The van der Waals surface area contributed by atoms with Gasteiger partial charge in [-0.3, -0.25) is 9.59 Å². The van der Waals surface area contributed by atoms with E-state index in [1.54, 1.807) is 37.3 Å². The Balaban J connectivity index is 1.76. The Hall–Kier alpha value is -2.73. The van der Waals surface area contributed by atoms with Crippen LogP contribution in [0.25, 0.3) is 0 Å². The summed E-state index contributed by atoms with van der Waals surface area (Å²) < 4.78 is 11.6. The molecule has 2 saturated carbocycles. The standard InChI is InChI=1S/C29H36O6/c1-16-12-23-25(35-27(32)20-10-8-7-9-11-20)18(3)15-29(23,33)26(31)17(2)13-21-22(28(21,5)6)14-24(16)34-19(4)30/h7-13,18,21-25,33H,14-15H2,1-6H3/b16-12?,17-13+/t18-,21+,22-,23-,24-,25+,29-/m1/s1. The maximum Gasteiger partial charge on any atom is 0.338 e. The van der Waals surface area contributed by atoms with E-state index in [0.29, 0.717) is 17.6 Å². The molecule has 35 heavy (non-hydrogen) atoms. The molecule has 4 rings (SSSR count). The minimum Gasteiger partial charge on any atom is -0.458 e. The highest BCUT2D eigenvalue weighted by atomic mass is 16.5. The first-order chi connectivity index (χ1) is 16.4. The highest BCUT2D eigenvalue weighted by Gasteiger charge is 2.60. The third-order valence-electron chi connectivity index (χ3n) is 8.40. The number of carbonyl (C=O) groups is 3. The second-order valence-corrected chi connectivity index (χ2v) is 11.2. The third-order valence-corrected chi connectivity index (χ3v) is 8.40. The Kier molecular flexibility index (Phi) is 6.56. The Labute approximate surface area is 207 Å². The van der Waals surface area contributed by atoms with Crippen LogP contribution in [0.3, 0.4) is 0 Å². The summed E-state index contributed by atoms with van der Waals surface area (Å²) in [6.07, 6.45) is 3.40. The lowest BCUT2D eigenvalue weighted by Crippen LogP contribution is -2.45. The molecule has 0 amide bonds. The minimum atomic E-state index is -1.72. The number of esters is 2. The van der Waals surface area contributed by atoms with Gasteiger partial charge in [-0.2, -0.15) is 0 Å². The van der Waals surface area contributed by atoms with Crippen LogP contribution < -0.4 is 0 Å². The predicted octanol–water partition coefficient (Wildman–Crippen LogP) is 4.67. The van der Waals surface area contributed by atoms with E-state index in [-0.39, 0.29) is 41.3 Å². The Morgan fingerprint density at radius 1 is 1.03 bits per heavy atom. The molecule has 0 aliphatic heterocycles. The molecule has 3 aliphatic rings. The summed E-state index contributed by atoms with van der Waals surface area (Å²) in [5.74, 6) is -1.81. The van der Waals surface area contributed by atoms with Gasteiger partial charge in [-0.1, -0.05) is 51.1 Å². The molecule has 6 heteroatoms. The molecule has 0 spiro atoms. The molecule has 0 bridgehead atoms. The number of carbonyl (C=O) groups excluding carboxylic acids is 3. The maximum atomic E-state index is 13.7. The van der Waals surface area contributed by atoms with Crippen LogP contribution in [0.5, 0.6) is 0 Å². The van der Waals surface area contributed by atoms with Gasteiger partial charge in [0.1, 0.15) is 17.8 Å². The van der Waals surface area contributed by atoms with E-state index >= 15 is 0 Å². The van der Waals surface area contributed by atoms with E-state index in [2.05, 4.69) is 13.8 Å². The van der Waals surface area contributed by atoms with E-state index in [1.807, 2.05) is 26.0 Å². The average molecular weight is 481 g/mol. The second-order valence-electron chi connectivity index (χ2n) is 11.2. The number of benzene rings is 1. The fourth-order valence-corrected chi connectivity index (χ4v) is 6.20. The van der Waals surface area contributed by atoms with Crippen LogP contribution in [-0.2, 0) is 19.1 Å². The van der Waals surface area contributed by atoms with Crippen LogP contribution >= 0.6 is 0 Å². The van der Waals surface area contributed by atoms with Gasteiger partial charge in [-0.25, -0.2) is 4.79 Å². The second kappa shape index (κ2) is 9.05. The first kappa shape index (κ1) is 25.4. The molecule has 0 saturated heterocycles. The molecule has 0 unspecified atom stereocenters. The van der Waals surface area contributed by atoms with Crippen molar-refractivity contribution in [2.45, 2.75) is 72.2 Å². The van der Waals surface area contributed by atoms with Gasteiger partial charge in [0.15, 0.2) is 5.78 Å². The lowest BCUT2D eigenvalue weighted by molar-refractivity contribution is -0.145. The Morgan fingerprint density at radius 2 is 1.69 bits per heavy atom. The van der Waals surface area contributed by atoms with Gasteiger partial charge in [0.2, 0.25) is 0 Å². The van der Waals surface area contributed by atoms with Crippen molar-refractivity contribution in [2.24, 2.45) is 29.1 Å². The van der Waals surface area contributed by atoms with Crippen molar-refractivity contribution < 1.29 is 29.0 Å². The molecule has 7 atom stereocenters. The summed E-state index contributed by atoms with van der Waals surface area (Å²) in [6.45, 7) is 11.2. The molecule has 1 aromatic carbocycles. The predicted molar refractivity (Wildman–Crippen MR) is 131 cm³/mol. The molecule has 3 aliphatic carbocycles. The van der Waals surface area contributed by atoms with Crippen molar-refractivity contribution in [1.29, 1.82) is 0 Å². The lowest BCUT2D eigenvalue weighted by Gasteiger charge is -2.31. The molecule has 0 radical (unpaired) electrons. The molecular weight excluding hydrogens is 444 g/mol. The smallest absolute Gasteiger partial charge is 0.338 e. The molecule has 1 aromatic rings. The van der Waals surface area contributed by atoms with Crippen LogP contribution in [0, 0.1) is 29.1 Å². The summed E-state index contributed by atoms with van der Waals surface area (Å²) in [5.41, 5.74) is -0.0552. The van der Waals surface area contributed by atoms with Gasteiger partial charge in [0.05, 0.1) is 11.5 Å². The van der Waals surface area contributed by atoms with Gasteiger partial charge < -0.3 is 14.6 Å². The van der Waals surface area contributed by atoms with Crippen molar-refractivity contribution in [3.05, 3.63) is 59.2 Å². The number of allylic oxidation sites excluding steroid dienone is 1. The number of fused-ring (bicyclic) bond motifs is 2. The lowest BCUT2D eigenvalue weighted by atomic mass is 9.81. The van der Waals surface area contributed by atoms with Gasteiger partial charge in [0.25, 0.3) is 0 Å². The van der Waals surface area contributed by atoms with Crippen molar-refractivity contribution in [3.63, 3.8) is 0 Å². The van der Waals surface area contributed by atoms with Crippen LogP contribution in [0.15, 0.2) is 53.6 Å². The van der Waals surface area contributed by atoms with Crippen LogP contribution in [0.1, 0.15) is 64.7 Å². The molecule has 188 valence electrons. The summed E-state index contributed by atoms with van der Waals surface area (Å²) in [4.78, 5) is 38.6. The highest BCUT2D eigenvalue weighted by Crippen LogP contribution is 2.62. The van der Waals surface area contributed by atoms with Crippen LogP contribution in [-0.4, -0.2) is 40.6 Å². The van der Waals surface area contributed by atoms with Gasteiger partial charge in [0, 0.05) is 6.92 Å². The summed E-state index contributed by atoms with van der Waals surface area (Å²) in [7, 11) is 0. The monoisotopic (exact) mass is 480 g/mol. The minimum absolute atomic E-state index is 0.0296. The number of ether oxygens (including phenoxy) is 2. The fourth-order valence-electron chi connectivity index (χ4n) is 6.20. The number of aliphatic hydroxyl groups is 1. The van der Waals surface area contributed by atoms with Gasteiger partial charge in [-0.15, -0.1) is 0 Å². The van der Waals surface area contributed by atoms with Crippen molar-refractivity contribution in [2.75, 3.05) is 0 Å². The maximum absolute atomic E-state index is 13.7. The summed E-state index contributed by atoms with van der Waals surface area (Å²) in [6, 6.07) is 8.69. The van der Waals surface area contributed by atoms with Gasteiger partial charge >= 0.3 is 11.9 Å². The zero-order chi connectivity index (χ0) is 25.7. The Morgan fingerprint density at radius 3 is 2.31 bits per heavy atom. The Bertz CT molecular complexity index is 1080. The van der Waals surface area contributed by atoms with E-state index in [9.17, 15) is 19.5 Å². The van der Waals surface area contributed by atoms with Crippen LogP contribution in [0.4, 0.5) is 0 Å². The quantitative estimate of drug-likeness (QED) is 0.500. The first-order valence-electron chi connectivity index (χ1n) is 12.4. The van der Waals surface area contributed by atoms with E-state index in [0.717, 1.165) is 5.57 Å². The van der Waals surface area contributed by atoms with E-state index in [1.165, 1.54) is 6.92 Å². The number of ketones is 1. The van der Waals surface area contributed by atoms with Crippen molar-refractivity contribution in [3.8, 4) is 0 Å². The van der Waals surface area contributed by atoms with E-state index in [4.69, 9.17) is 9.47 Å². The van der Waals surface area contributed by atoms with Crippen molar-refractivity contribution in [1.82, 2.24) is 0 Å². The zero-order valence-electron chi connectivity index (χ0n) is 21.4. The molecule has 0 heterocycles. The van der Waals surface area contributed by atoms with Crippen LogP contribution in [0.2, 0.25) is 0 Å². The number of rotatable bonds is 3. The number of hydrogen-bond donors (Lipinski definition) is 1. The molecule has 0 aromatic heterocycles. The molecule has 2 fully saturated rings. The largest absolute Gasteiger partial charge is 0.458 e. The third kappa shape index (κ3) is 4.61. The van der Waals surface area contributed by atoms with Gasteiger partial charge in [-0.05, 0) is 73.1 Å². The highest BCUT2D eigenvalue weighted by molar-refractivity contribution is 6.02. The SMILES string of the molecule is CC(=O)O[C@@H]1C[C@@H]2[C@H](/C=C(\C)C(=O)[C@@]3(O)C[C@@H](C)[C@H](OC(=O)c4ccccc4)[C@H]3C=C1C)C2(C)C. The summed E-state index contributed by atoms with van der Waals surface area (Å²) in [5, 5.41) is 11.9. The average Bonchev–Trinajstić information content (AvgIpc) is 3.20. The molecule has 6 nitrogen and oxygen atoms in total. The summed E-state index contributed by atoms with van der Waals surface area (Å²) >= 11 is 0. The first-order valence-corrected chi connectivity index (χ1v) is 12.4. The topological polar surface area (TPSA) is 89.9 Å². The zero-order valence-corrected chi connectivity index (χ0v) is 21.4.